The summed E-state index contributed by atoms with van der Waals surface area (Å²) in [5, 5.41) is 13.4. The average Bonchev–Trinajstić information content (AvgIpc) is 2.55. The molecular weight excluding hydrogens is 292 g/mol. The molecule has 0 aliphatic rings. The second kappa shape index (κ2) is 7.54. The van der Waals surface area contributed by atoms with Crippen LogP contribution in [0.5, 0.6) is 0 Å². The summed E-state index contributed by atoms with van der Waals surface area (Å²) < 4.78 is 0. The molecule has 0 bridgehead atoms. The Labute approximate surface area is 135 Å². The van der Waals surface area contributed by atoms with Gasteiger partial charge in [0.2, 0.25) is 5.91 Å². The van der Waals surface area contributed by atoms with Crippen LogP contribution in [0.2, 0.25) is 0 Å². The van der Waals surface area contributed by atoms with E-state index < -0.39 is 4.92 Å². The van der Waals surface area contributed by atoms with Gasteiger partial charge in [-0.25, -0.2) is 0 Å². The molecule has 0 heterocycles. The number of hydrogen-bond donors (Lipinski definition) is 1. The Kier molecular flexibility index (Phi) is 5.46. The number of carbonyl (C=O) groups is 1. The van der Waals surface area contributed by atoms with Crippen LogP contribution in [0.1, 0.15) is 37.3 Å². The van der Waals surface area contributed by atoms with E-state index in [0.717, 1.165) is 17.7 Å². The van der Waals surface area contributed by atoms with E-state index in [9.17, 15) is 14.9 Å². The summed E-state index contributed by atoms with van der Waals surface area (Å²) in [5.41, 5.74) is 2.77. The maximum atomic E-state index is 12.0. The van der Waals surface area contributed by atoms with Gasteiger partial charge in [0, 0.05) is 17.8 Å². The van der Waals surface area contributed by atoms with Gasteiger partial charge in [0.25, 0.3) is 5.69 Å². The summed E-state index contributed by atoms with van der Waals surface area (Å²) in [7, 11) is 0. The summed E-state index contributed by atoms with van der Waals surface area (Å²) in [4.78, 5) is 22.2. The summed E-state index contributed by atoms with van der Waals surface area (Å²) in [6.45, 7) is 4.31. The highest BCUT2D eigenvalue weighted by molar-refractivity contribution is 5.92. The second-order valence-electron chi connectivity index (χ2n) is 5.58. The van der Waals surface area contributed by atoms with Gasteiger partial charge in [0.15, 0.2) is 0 Å². The molecule has 0 fully saturated rings. The van der Waals surface area contributed by atoms with Crippen molar-refractivity contribution in [3.63, 3.8) is 0 Å². The molecule has 2 rings (SSSR count). The molecule has 5 heteroatoms. The molecule has 23 heavy (non-hydrogen) atoms. The summed E-state index contributed by atoms with van der Waals surface area (Å²) >= 11 is 0. The Bertz CT molecular complexity index is 678. The van der Waals surface area contributed by atoms with Gasteiger partial charge in [-0.1, -0.05) is 38.1 Å². The van der Waals surface area contributed by atoms with Gasteiger partial charge in [0.05, 0.1) is 11.3 Å². The third-order valence-electron chi connectivity index (χ3n) is 3.89. The van der Waals surface area contributed by atoms with Crippen molar-refractivity contribution in [2.24, 2.45) is 0 Å². The van der Waals surface area contributed by atoms with Gasteiger partial charge >= 0.3 is 0 Å². The van der Waals surface area contributed by atoms with Crippen LogP contribution in [0, 0.1) is 10.1 Å². The molecule has 2 aromatic rings. The molecule has 2 aromatic carbocycles. The summed E-state index contributed by atoms with van der Waals surface area (Å²) in [6.07, 6.45) is 1.26. The van der Waals surface area contributed by atoms with E-state index in [2.05, 4.69) is 19.2 Å². The standard InChI is InChI=1S/C18H20N2O3/c1-3-13(2)15-6-8-16(9-7-15)19-18(21)12-14-4-10-17(11-5-14)20(22)23/h4-11,13H,3,12H2,1-2H3,(H,19,21). The highest BCUT2D eigenvalue weighted by atomic mass is 16.6. The van der Waals surface area contributed by atoms with Gasteiger partial charge < -0.3 is 5.32 Å². The van der Waals surface area contributed by atoms with E-state index >= 15 is 0 Å². The number of nitro groups is 1. The fraction of sp³-hybridized carbons (Fsp3) is 0.278. The molecule has 1 amide bonds. The van der Waals surface area contributed by atoms with Gasteiger partial charge in [0.1, 0.15) is 0 Å². The third kappa shape index (κ3) is 4.64. The fourth-order valence-electron chi connectivity index (χ4n) is 2.26. The lowest BCUT2D eigenvalue weighted by Gasteiger charge is -2.10. The van der Waals surface area contributed by atoms with E-state index in [1.807, 2.05) is 24.3 Å². The minimum atomic E-state index is -0.456. The van der Waals surface area contributed by atoms with E-state index in [0.29, 0.717) is 5.92 Å². The molecule has 1 atom stereocenters. The number of carbonyl (C=O) groups excluding carboxylic acids is 1. The first kappa shape index (κ1) is 16.7. The number of nitrogens with zero attached hydrogens (tertiary/aromatic N) is 1. The van der Waals surface area contributed by atoms with Crippen molar-refractivity contribution >= 4 is 17.3 Å². The van der Waals surface area contributed by atoms with Crippen LogP contribution >= 0.6 is 0 Å². The molecular formula is C18H20N2O3. The lowest BCUT2D eigenvalue weighted by Crippen LogP contribution is -2.14. The maximum Gasteiger partial charge on any atom is 0.269 e. The number of hydrogen-bond acceptors (Lipinski definition) is 3. The van der Waals surface area contributed by atoms with Crippen LogP contribution < -0.4 is 5.32 Å². The van der Waals surface area contributed by atoms with Gasteiger partial charge in [-0.2, -0.15) is 0 Å². The number of amides is 1. The molecule has 0 aliphatic heterocycles. The fourth-order valence-corrected chi connectivity index (χ4v) is 2.26. The average molecular weight is 312 g/mol. The van der Waals surface area contributed by atoms with E-state index in [1.165, 1.54) is 17.7 Å². The summed E-state index contributed by atoms with van der Waals surface area (Å²) in [5.74, 6) is 0.356. The predicted octanol–water partition coefficient (Wildman–Crippen LogP) is 4.29. The highest BCUT2D eigenvalue weighted by Gasteiger charge is 2.08. The monoisotopic (exact) mass is 312 g/mol. The number of non-ortho nitro benzene ring substituents is 1. The van der Waals surface area contributed by atoms with Crippen molar-refractivity contribution in [1.82, 2.24) is 0 Å². The van der Waals surface area contributed by atoms with E-state index in [4.69, 9.17) is 0 Å². The van der Waals surface area contributed by atoms with Crippen molar-refractivity contribution < 1.29 is 9.72 Å². The molecule has 0 aromatic heterocycles. The minimum Gasteiger partial charge on any atom is -0.326 e. The van der Waals surface area contributed by atoms with Crippen molar-refractivity contribution in [2.45, 2.75) is 32.6 Å². The van der Waals surface area contributed by atoms with Gasteiger partial charge in [-0.3, -0.25) is 14.9 Å². The second-order valence-corrected chi connectivity index (χ2v) is 5.58. The van der Waals surface area contributed by atoms with Crippen LogP contribution in [-0.4, -0.2) is 10.8 Å². The first-order chi connectivity index (χ1) is 11.0. The van der Waals surface area contributed by atoms with Crippen molar-refractivity contribution in [3.8, 4) is 0 Å². The number of benzene rings is 2. The number of nitrogens with one attached hydrogen (secondary N) is 1. The smallest absolute Gasteiger partial charge is 0.269 e. The first-order valence-corrected chi connectivity index (χ1v) is 7.62. The molecule has 1 N–H and O–H groups in total. The number of anilines is 1. The topological polar surface area (TPSA) is 72.2 Å². The Morgan fingerprint density at radius 3 is 2.26 bits per heavy atom. The molecule has 0 radical (unpaired) electrons. The number of rotatable bonds is 6. The Hall–Kier alpha value is -2.69. The van der Waals surface area contributed by atoms with Crippen molar-refractivity contribution in [1.29, 1.82) is 0 Å². The SMILES string of the molecule is CCC(C)c1ccc(NC(=O)Cc2ccc([N+](=O)[O-])cc2)cc1. The van der Waals surface area contributed by atoms with E-state index in [-0.39, 0.29) is 18.0 Å². The van der Waals surface area contributed by atoms with Crippen LogP contribution in [0.15, 0.2) is 48.5 Å². The maximum absolute atomic E-state index is 12.0. The van der Waals surface area contributed by atoms with Crippen LogP contribution in [0.3, 0.4) is 0 Å². The molecule has 120 valence electrons. The largest absolute Gasteiger partial charge is 0.326 e. The Morgan fingerprint density at radius 2 is 1.74 bits per heavy atom. The molecule has 0 saturated heterocycles. The zero-order valence-electron chi connectivity index (χ0n) is 13.3. The van der Waals surface area contributed by atoms with Crippen LogP contribution in [0.4, 0.5) is 11.4 Å². The molecule has 0 saturated carbocycles. The van der Waals surface area contributed by atoms with E-state index in [1.54, 1.807) is 12.1 Å². The first-order valence-electron chi connectivity index (χ1n) is 7.62. The Morgan fingerprint density at radius 1 is 1.13 bits per heavy atom. The van der Waals surface area contributed by atoms with Gasteiger partial charge in [-0.05, 0) is 35.6 Å². The lowest BCUT2D eigenvalue weighted by atomic mass is 9.98. The van der Waals surface area contributed by atoms with Crippen molar-refractivity contribution in [2.75, 3.05) is 5.32 Å². The van der Waals surface area contributed by atoms with Gasteiger partial charge in [-0.15, -0.1) is 0 Å². The summed E-state index contributed by atoms with van der Waals surface area (Å²) in [6, 6.07) is 13.9. The quantitative estimate of drug-likeness (QED) is 0.639. The molecule has 1 unspecified atom stereocenters. The molecule has 0 aliphatic carbocycles. The minimum absolute atomic E-state index is 0.0230. The Balaban J connectivity index is 1.95. The predicted molar refractivity (Wildman–Crippen MR) is 90.6 cm³/mol. The van der Waals surface area contributed by atoms with Crippen LogP contribution in [-0.2, 0) is 11.2 Å². The lowest BCUT2D eigenvalue weighted by molar-refractivity contribution is -0.384. The zero-order valence-corrected chi connectivity index (χ0v) is 13.3. The normalized spacial score (nSPS) is 11.7. The van der Waals surface area contributed by atoms with Crippen molar-refractivity contribution in [3.05, 3.63) is 69.8 Å². The zero-order chi connectivity index (χ0) is 16.8. The molecule has 5 nitrogen and oxygen atoms in total. The highest BCUT2D eigenvalue weighted by Crippen LogP contribution is 2.20. The molecule has 0 spiro atoms. The number of nitro benzene ring substituents is 1. The third-order valence-corrected chi connectivity index (χ3v) is 3.89. The van der Waals surface area contributed by atoms with Crippen LogP contribution in [0.25, 0.3) is 0 Å².